The molecule has 1 unspecified atom stereocenters. The van der Waals surface area contributed by atoms with Crippen LogP contribution in [0.3, 0.4) is 0 Å². The van der Waals surface area contributed by atoms with Gasteiger partial charge in [0.2, 0.25) is 0 Å². The highest BCUT2D eigenvalue weighted by Crippen LogP contribution is 2.35. The fourth-order valence-corrected chi connectivity index (χ4v) is 2.10. The Bertz CT molecular complexity index is 326. The molecule has 1 aromatic rings. The van der Waals surface area contributed by atoms with Gasteiger partial charge in [-0.1, -0.05) is 13.8 Å². The van der Waals surface area contributed by atoms with Gasteiger partial charge in [-0.3, -0.25) is 5.10 Å². The Hall–Kier alpha value is -1.03. The molecule has 78 valence electrons. The van der Waals surface area contributed by atoms with Crippen molar-refractivity contribution in [2.24, 2.45) is 0 Å². The Balaban J connectivity index is 2.39. The van der Waals surface area contributed by atoms with Gasteiger partial charge < -0.3 is 10.5 Å². The number of ether oxygens (including phenoxy) is 1. The molecule has 0 amide bonds. The largest absolute Gasteiger partial charge is 0.382 e. The van der Waals surface area contributed by atoms with Gasteiger partial charge in [-0.25, -0.2) is 0 Å². The van der Waals surface area contributed by atoms with Crippen LogP contribution in [0.1, 0.15) is 31.5 Å². The van der Waals surface area contributed by atoms with Crippen LogP contribution in [0.4, 0.5) is 5.82 Å². The molecule has 4 nitrogen and oxygen atoms in total. The van der Waals surface area contributed by atoms with Gasteiger partial charge in [0.1, 0.15) is 5.82 Å². The lowest BCUT2D eigenvalue weighted by Gasteiger charge is -2.21. The molecular formula is C10H17N3O. The Morgan fingerprint density at radius 1 is 1.64 bits per heavy atom. The summed E-state index contributed by atoms with van der Waals surface area (Å²) in [6.45, 7) is 5.90. The number of aromatic amines is 1. The number of hydrogen-bond acceptors (Lipinski definition) is 3. The zero-order valence-corrected chi connectivity index (χ0v) is 8.76. The first kappa shape index (κ1) is 9.52. The van der Waals surface area contributed by atoms with Crippen molar-refractivity contribution in [3.63, 3.8) is 0 Å². The van der Waals surface area contributed by atoms with Crippen LogP contribution >= 0.6 is 0 Å². The maximum absolute atomic E-state index is 5.80. The van der Waals surface area contributed by atoms with Crippen molar-refractivity contribution in [1.29, 1.82) is 0 Å². The van der Waals surface area contributed by atoms with Gasteiger partial charge in [0.15, 0.2) is 0 Å². The first-order valence-electron chi connectivity index (χ1n) is 5.08. The summed E-state index contributed by atoms with van der Waals surface area (Å²) in [5.74, 6) is 0.635. The van der Waals surface area contributed by atoms with Crippen LogP contribution in [0.25, 0.3) is 0 Å². The van der Waals surface area contributed by atoms with E-state index in [1.54, 1.807) is 0 Å². The molecule has 0 spiro atoms. The van der Waals surface area contributed by atoms with E-state index in [9.17, 15) is 0 Å². The van der Waals surface area contributed by atoms with E-state index in [1.165, 1.54) is 0 Å². The summed E-state index contributed by atoms with van der Waals surface area (Å²) in [6.07, 6.45) is 1.97. The summed E-state index contributed by atoms with van der Waals surface area (Å²) < 4.78 is 5.43. The van der Waals surface area contributed by atoms with Crippen molar-refractivity contribution in [3.8, 4) is 0 Å². The van der Waals surface area contributed by atoms with Crippen LogP contribution < -0.4 is 5.73 Å². The highest BCUT2D eigenvalue weighted by molar-refractivity contribution is 5.45. The second-order valence-electron chi connectivity index (χ2n) is 4.18. The molecule has 1 aliphatic rings. The van der Waals surface area contributed by atoms with Gasteiger partial charge in [-0.15, -0.1) is 0 Å². The van der Waals surface area contributed by atoms with Crippen LogP contribution in [0.15, 0.2) is 0 Å². The molecule has 0 bridgehead atoms. The fourth-order valence-electron chi connectivity index (χ4n) is 2.10. The Morgan fingerprint density at radius 2 is 2.43 bits per heavy atom. The first-order valence-corrected chi connectivity index (χ1v) is 5.08. The van der Waals surface area contributed by atoms with E-state index in [0.717, 1.165) is 37.3 Å². The average Bonchev–Trinajstić information content (AvgIpc) is 2.73. The number of rotatable bonds is 2. The lowest BCUT2D eigenvalue weighted by molar-refractivity contribution is 0.179. The summed E-state index contributed by atoms with van der Waals surface area (Å²) in [4.78, 5) is 0. The lowest BCUT2D eigenvalue weighted by Crippen LogP contribution is -2.24. The molecule has 0 aliphatic carbocycles. The minimum atomic E-state index is 0.0793. The molecule has 1 atom stereocenters. The molecule has 0 radical (unpaired) electrons. The third-order valence-electron chi connectivity index (χ3n) is 3.08. The van der Waals surface area contributed by atoms with Crippen LogP contribution in [-0.4, -0.2) is 23.4 Å². The average molecular weight is 195 g/mol. The van der Waals surface area contributed by atoms with E-state index in [4.69, 9.17) is 10.5 Å². The molecule has 2 heterocycles. The Morgan fingerprint density at radius 3 is 3.00 bits per heavy atom. The standard InChI is InChI=1S/C10H17N3O/c1-3-7-8(12-13-9(7)11)10(2)4-5-14-6-10/h3-6H2,1-2H3,(H3,11,12,13). The highest BCUT2D eigenvalue weighted by Gasteiger charge is 2.35. The van der Waals surface area contributed by atoms with Crippen LogP contribution in [-0.2, 0) is 16.6 Å². The molecule has 3 N–H and O–H groups in total. The molecule has 1 aliphatic heterocycles. The van der Waals surface area contributed by atoms with Crippen LogP contribution in [0, 0.1) is 0 Å². The third kappa shape index (κ3) is 1.30. The van der Waals surface area contributed by atoms with Gasteiger partial charge in [0.05, 0.1) is 6.61 Å². The lowest BCUT2D eigenvalue weighted by atomic mass is 9.83. The monoisotopic (exact) mass is 195 g/mol. The molecular weight excluding hydrogens is 178 g/mol. The van der Waals surface area contributed by atoms with E-state index in [2.05, 4.69) is 24.0 Å². The molecule has 14 heavy (non-hydrogen) atoms. The molecule has 0 saturated carbocycles. The zero-order valence-electron chi connectivity index (χ0n) is 8.76. The van der Waals surface area contributed by atoms with E-state index in [1.807, 2.05) is 0 Å². The van der Waals surface area contributed by atoms with Crippen molar-refractivity contribution >= 4 is 5.82 Å². The van der Waals surface area contributed by atoms with Gasteiger partial charge in [0, 0.05) is 23.3 Å². The van der Waals surface area contributed by atoms with Crippen molar-refractivity contribution < 1.29 is 4.74 Å². The molecule has 4 heteroatoms. The van der Waals surface area contributed by atoms with Crippen LogP contribution in [0.5, 0.6) is 0 Å². The molecule has 2 rings (SSSR count). The van der Waals surface area contributed by atoms with Gasteiger partial charge in [-0.05, 0) is 12.8 Å². The molecule has 1 fully saturated rings. The maximum Gasteiger partial charge on any atom is 0.148 e. The topological polar surface area (TPSA) is 63.9 Å². The zero-order chi connectivity index (χ0) is 10.2. The molecule has 0 aromatic carbocycles. The van der Waals surface area contributed by atoms with E-state index >= 15 is 0 Å². The maximum atomic E-state index is 5.80. The predicted octanol–water partition coefficient (Wildman–Crippen LogP) is 1.23. The number of anilines is 1. The number of nitrogens with two attached hydrogens (primary N) is 1. The molecule has 1 saturated heterocycles. The Labute approximate surface area is 83.8 Å². The minimum absolute atomic E-state index is 0.0793. The second kappa shape index (κ2) is 3.28. The van der Waals surface area contributed by atoms with Crippen LogP contribution in [0.2, 0.25) is 0 Å². The fraction of sp³-hybridized carbons (Fsp3) is 0.700. The molecule has 1 aromatic heterocycles. The van der Waals surface area contributed by atoms with Crippen molar-refractivity contribution in [1.82, 2.24) is 10.2 Å². The van der Waals surface area contributed by atoms with Crippen molar-refractivity contribution in [2.75, 3.05) is 18.9 Å². The number of nitrogen functional groups attached to an aromatic ring is 1. The van der Waals surface area contributed by atoms with Crippen molar-refractivity contribution in [2.45, 2.75) is 32.1 Å². The first-order chi connectivity index (χ1) is 6.67. The summed E-state index contributed by atoms with van der Waals surface area (Å²) in [7, 11) is 0. The van der Waals surface area contributed by atoms with E-state index in [-0.39, 0.29) is 5.41 Å². The smallest absolute Gasteiger partial charge is 0.148 e. The number of aromatic nitrogens is 2. The summed E-state index contributed by atoms with van der Waals surface area (Å²) in [5, 5.41) is 7.13. The summed E-state index contributed by atoms with van der Waals surface area (Å²) in [6, 6.07) is 0. The minimum Gasteiger partial charge on any atom is -0.382 e. The summed E-state index contributed by atoms with van der Waals surface area (Å²) >= 11 is 0. The quantitative estimate of drug-likeness (QED) is 0.746. The third-order valence-corrected chi connectivity index (χ3v) is 3.08. The summed E-state index contributed by atoms with van der Waals surface area (Å²) in [5.41, 5.74) is 8.19. The van der Waals surface area contributed by atoms with Gasteiger partial charge in [0.25, 0.3) is 0 Å². The number of H-pyrrole nitrogens is 1. The van der Waals surface area contributed by atoms with Gasteiger partial charge >= 0.3 is 0 Å². The normalized spacial score (nSPS) is 27.0. The second-order valence-corrected chi connectivity index (χ2v) is 4.18. The Kier molecular flexibility index (Phi) is 2.23. The predicted molar refractivity (Wildman–Crippen MR) is 55.2 cm³/mol. The SMILES string of the molecule is CCc1c(N)n[nH]c1C1(C)CCOC1. The van der Waals surface area contributed by atoms with E-state index in [0.29, 0.717) is 5.82 Å². The number of nitrogens with one attached hydrogen (secondary N) is 1. The number of hydrogen-bond donors (Lipinski definition) is 2. The highest BCUT2D eigenvalue weighted by atomic mass is 16.5. The van der Waals surface area contributed by atoms with Gasteiger partial charge in [-0.2, -0.15) is 5.10 Å². The van der Waals surface area contributed by atoms with Crippen molar-refractivity contribution in [3.05, 3.63) is 11.3 Å². The number of nitrogens with zero attached hydrogens (tertiary/aromatic N) is 1. The van der Waals surface area contributed by atoms with E-state index < -0.39 is 0 Å².